The Morgan fingerprint density at radius 1 is 1.33 bits per heavy atom. The number of carbonyl (C=O) groups is 1. The molecule has 2 unspecified atom stereocenters. The van der Waals surface area contributed by atoms with Gasteiger partial charge in [0.2, 0.25) is 5.91 Å². The fourth-order valence-electron chi connectivity index (χ4n) is 3.48. The molecule has 2 N–H and O–H groups in total. The molecule has 114 valence electrons. The minimum atomic E-state index is -0.00338. The summed E-state index contributed by atoms with van der Waals surface area (Å²) >= 11 is 0. The van der Waals surface area contributed by atoms with Gasteiger partial charge < -0.3 is 15.5 Å². The van der Waals surface area contributed by atoms with Gasteiger partial charge in [-0.25, -0.2) is 0 Å². The number of likely N-dealkylation sites (N-methyl/N-ethyl adjacent to an activating group) is 1. The van der Waals surface area contributed by atoms with Crippen LogP contribution in [0.4, 0.5) is 5.69 Å². The number of hydrogen-bond donors (Lipinski definition) is 2. The van der Waals surface area contributed by atoms with E-state index >= 15 is 0 Å². The zero-order chi connectivity index (χ0) is 14.7. The fraction of sp³-hybridized carbons (Fsp3) is 0.588. The molecular formula is C17H25N3O. The van der Waals surface area contributed by atoms with Crippen molar-refractivity contribution in [2.24, 2.45) is 0 Å². The summed E-state index contributed by atoms with van der Waals surface area (Å²) in [7, 11) is 2.16. The van der Waals surface area contributed by atoms with Gasteiger partial charge in [0.05, 0.1) is 5.92 Å². The summed E-state index contributed by atoms with van der Waals surface area (Å²) in [5.41, 5.74) is 2.25. The first-order chi connectivity index (χ1) is 10.3. The number of likely N-dealkylation sites (tertiary alicyclic amines) is 1. The number of piperidine rings is 1. The van der Waals surface area contributed by atoms with Gasteiger partial charge in [-0.3, -0.25) is 4.79 Å². The Bertz CT molecular complexity index is 503. The molecular weight excluding hydrogens is 262 g/mol. The number of nitrogens with one attached hydrogen (secondary N) is 2. The van der Waals surface area contributed by atoms with Gasteiger partial charge in [0, 0.05) is 24.8 Å². The predicted molar refractivity (Wildman–Crippen MR) is 85.6 cm³/mol. The number of carbonyl (C=O) groups excluding carboxylic acids is 1. The van der Waals surface area contributed by atoms with Crippen molar-refractivity contribution in [3.05, 3.63) is 29.8 Å². The zero-order valence-electron chi connectivity index (χ0n) is 12.8. The number of fused-ring (bicyclic) bond motifs is 1. The predicted octanol–water partition coefficient (Wildman–Crippen LogP) is 2.19. The van der Waals surface area contributed by atoms with Crippen LogP contribution < -0.4 is 10.6 Å². The molecule has 0 spiro atoms. The molecule has 0 aromatic heterocycles. The summed E-state index contributed by atoms with van der Waals surface area (Å²) in [4.78, 5) is 14.9. The number of rotatable bonds is 3. The fourth-order valence-corrected chi connectivity index (χ4v) is 3.48. The summed E-state index contributed by atoms with van der Waals surface area (Å²) in [5, 5.41) is 6.56. The van der Waals surface area contributed by atoms with Crippen LogP contribution in [0.2, 0.25) is 0 Å². The highest BCUT2D eigenvalue weighted by Crippen LogP contribution is 2.31. The minimum Gasteiger partial charge on any atom is -0.385 e. The first kappa shape index (κ1) is 14.4. The number of para-hydroxylation sites is 1. The molecule has 2 aliphatic heterocycles. The van der Waals surface area contributed by atoms with Crippen LogP contribution in [0.15, 0.2) is 24.3 Å². The Balaban J connectivity index is 1.61. The minimum absolute atomic E-state index is 0.00338. The lowest BCUT2D eigenvalue weighted by atomic mass is 9.90. The van der Waals surface area contributed by atoms with Crippen LogP contribution in [0.5, 0.6) is 0 Å². The molecule has 1 fully saturated rings. The normalized spacial score (nSPS) is 25.8. The third-order valence-electron chi connectivity index (χ3n) is 4.83. The lowest BCUT2D eigenvalue weighted by molar-refractivity contribution is -0.123. The Morgan fingerprint density at radius 3 is 3.05 bits per heavy atom. The average Bonchev–Trinajstić information content (AvgIpc) is 2.53. The smallest absolute Gasteiger partial charge is 0.227 e. The van der Waals surface area contributed by atoms with E-state index < -0.39 is 0 Å². The van der Waals surface area contributed by atoms with Gasteiger partial charge in [-0.05, 0) is 44.5 Å². The van der Waals surface area contributed by atoms with Crippen molar-refractivity contribution in [1.82, 2.24) is 10.2 Å². The quantitative estimate of drug-likeness (QED) is 0.895. The lowest BCUT2D eigenvalue weighted by Gasteiger charge is -2.33. The molecule has 1 aromatic rings. The van der Waals surface area contributed by atoms with Crippen molar-refractivity contribution in [3.8, 4) is 0 Å². The molecule has 2 aliphatic rings. The van der Waals surface area contributed by atoms with Crippen molar-refractivity contribution >= 4 is 11.6 Å². The van der Waals surface area contributed by atoms with Crippen LogP contribution in [-0.4, -0.2) is 43.5 Å². The van der Waals surface area contributed by atoms with Crippen molar-refractivity contribution in [2.75, 3.05) is 32.0 Å². The summed E-state index contributed by atoms with van der Waals surface area (Å²) in [6, 6.07) is 8.66. The van der Waals surface area contributed by atoms with E-state index in [1.807, 2.05) is 12.1 Å². The van der Waals surface area contributed by atoms with Gasteiger partial charge in [-0.2, -0.15) is 0 Å². The van der Waals surface area contributed by atoms with Gasteiger partial charge in [0.15, 0.2) is 0 Å². The van der Waals surface area contributed by atoms with E-state index in [0.717, 1.165) is 37.3 Å². The Morgan fingerprint density at radius 2 is 2.19 bits per heavy atom. The van der Waals surface area contributed by atoms with E-state index in [4.69, 9.17) is 0 Å². The number of benzene rings is 1. The molecule has 4 nitrogen and oxygen atoms in total. The van der Waals surface area contributed by atoms with Crippen LogP contribution in [0.1, 0.15) is 37.2 Å². The van der Waals surface area contributed by atoms with E-state index in [1.54, 1.807) is 0 Å². The van der Waals surface area contributed by atoms with Crippen LogP contribution in [0.3, 0.4) is 0 Å². The summed E-state index contributed by atoms with van der Waals surface area (Å²) in [6.07, 6.45) is 4.63. The highest BCUT2D eigenvalue weighted by Gasteiger charge is 2.27. The molecule has 2 heterocycles. The zero-order valence-corrected chi connectivity index (χ0v) is 12.8. The molecule has 0 radical (unpaired) electrons. The third kappa shape index (κ3) is 3.21. The molecule has 21 heavy (non-hydrogen) atoms. The van der Waals surface area contributed by atoms with Gasteiger partial charge >= 0.3 is 0 Å². The van der Waals surface area contributed by atoms with E-state index in [0.29, 0.717) is 6.04 Å². The highest BCUT2D eigenvalue weighted by molar-refractivity contribution is 5.86. The number of hydrogen-bond acceptors (Lipinski definition) is 3. The van der Waals surface area contributed by atoms with Gasteiger partial charge in [0.1, 0.15) is 0 Å². The second-order valence-corrected chi connectivity index (χ2v) is 6.23. The molecule has 0 bridgehead atoms. The number of anilines is 1. The Kier molecular flexibility index (Phi) is 4.44. The second kappa shape index (κ2) is 6.48. The SMILES string of the molecule is CN1CCCCC1CNC(=O)C1CCNc2ccccc21. The first-order valence-electron chi connectivity index (χ1n) is 8.06. The Hall–Kier alpha value is -1.55. The van der Waals surface area contributed by atoms with E-state index in [1.165, 1.54) is 19.3 Å². The molecule has 3 rings (SSSR count). The molecule has 1 aromatic carbocycles. The topological polar surface area (TPSA) is 44.4 Å². The average molecular weight is 287 g/mol. The maximum atomic E-state index is 12.6. The van der Waals surface area contributed by atoms with Crippen molar-refractivity contribution < 1.29 is 4.79 Å². The summed E-state index contributed by atoms with van der Waals surface area (Å²) in [6.45, 7) is 2.80. The molecule has 2 atom stereocenters. The van der Waals surface area contributed by atoms with Crippen LogP contribution in [0, 0.1) is 0 Å². The van der Waals surface area contributed by atoms with Crippen molar-refractivity contribution in [3.63, 3.8) is 0 Å². The van der Waals surface area contributed by atoms with Crippen molar-refractivity contribution in [2.45, 2.75) is 37.6 Å². The monoisotopic (exact) mass is 287 g/mol. The van der Waals surface area contributed by atoms with Gasteiger partial charge in [-0.1, -0.05) is 24.6 Å². The molecule has 0 saturated carbocycles. The van der Waals surface area contributed by atoms with Gasteiger partial charge in [-0.15, -0.1) is 0 Å². The van der Waals surface area contributed by atoms with Crippen LogP contribution in [-0.2, 0) is 4.79 Å². The number of nitrogens with zero attached hydrogens (tertiary/aromatic N) is 1. The maximum absolute atomic E-state index is 12.6. The van der Waals surface area contributed by atoms with Crippen molar-refractivity contribution in [1.29, 1.82) is 0 Å². The van der Waals surface area contributed by atoms with E-state index in [-0.39, 0.29) is 11.8 Å². The molecule has 0 aliphatic carbocycles. The van der Waals surface area contributed by atoms with Crippen LogP contribution >= 0.6 is 0 Å². The third-order valence-corrected chi connectivity index (χ3v) is 4.83. The van der Waals surface area contributed by atoms with E-state index in [2.05, 4.69) is 34.7 Å². The molecule has 4 heteroatoms. The lowest BCUT2D eigenvalue weighted by Crippen LogP contribution is -2.45. The summed E-state index contributed by atoms with van der Waals surface area (Å²) < 4.78 is 0. The van der Waals surface area contributed by atoms with E-state index in [9.17, 15) is 4.79 Å². The second-order valence-electron chi connectivity index (χ2n) is 6.23. The molecule has 1 saturated heterocycles. The largest absolute Gasteiger partial charge is 0.385 e. The van der Waals surface area contributed by atoms with Crippen LogP contribution in [0.25, 0.3) is 0 Å². The van der Waals surface area contributed by atoms with Gasteiger partial charge in [0.25, 0.3) is 0 Å². The molecule has 1 amide bonds. The maximum Gasteiger partial charge on any atom is 0.227 e. The highest BCUT2D eigenvalue weighted by atomic mass is 16.1. The Labute approximate surface area is 126 Å². The standard InChI is InChI=1S/C17H25N3O/c1-20-11-5-4-6-13(20)12-19-17(21)15-9-10-18-16-8-3-2-7-14(15)16/h2-3,7-8,13,15,18H,4-6,9-12H2,1H3,(H,19,21). The summed E-state index contributed by atoms with van der Waals surface area (Å²) in [5.74, 6) is 0.180. The number of amides is 1. The first-order valence-corrected chi connectivity index (χ1v) is 8.06.